The van der Waals surface area contributed by atoms with Crippen LogP contribution in [0.5, 0.6) is 0 Å². The van der Waals surface area contributed by atoms with Crippen molar-refractivity contribution in [3.05, 3.63) is 0 Å². The molecule has 0 aromatic rings. The molecule has 3 fully saturated rings. The Bertz CT molecular complexity index is 511. The fraction of sp³-hybridized carbons (Fsp3) is 0.952. The van der Waals surface area contributed by atoms with Crippen LogP contribution in [0, 0.1) is 23.7 Å². The molecule has 7 atom stereocenters. The van der Waals surface area contributed by atoms with Gasteiger partial charge in [0.2, 0.25) is 0 Å². The van der Waals surface area contributed by atoms with Crippen molar-refractivity contribution in [1.82, 2.24) is 0 Å². The van der Waals surface area contributed by atoms with Crippen LogP contribution < -0.4 is 0 Å². The summed E-state index contributed by atoms with van der Waals surface area (Å²) in [6.45, 7) is 12.7. The maximum Gasteiger partial charge on any atom is 0.191 e. The third-order valence-electron chi connectivity index (χ3n) is 7.59. The van der Waals surface area contributed by atoms with Gasteiger partial charge in [-0.2, -0.15) is 0 Å². The summed E-state index contributed by atoms with van der Waals surface area (Å²) in [5.41, 5.74) is 0. The van der Waals surface area contributed by atoms with E-state index in [1.165, 1.54) is 0 Å². The lowest BCUT2D eigenvalue weighted by molar-refractivity contribution is -0.198. The van der Waals surface area contributed by atoms with Crippen molar-refractivity contribution in [2.45, 2.75) is 89.5 Å². The Morgan fingerprint density at radius 2 is 1.93 bits per heavy atom. The van der Waals surface area contributed by atoms with E-state index in [4.69, 9.17) is 13.9 Å². The highest BCUT2D eigenvalue weighted by Gasteiger charge is 2.54. The van der Waals surface area contributed by atoms with E-state index in [1.807, 2.05) is 0 Å². The first-order valence-electron chi connectivity index (χ1n) is 10.7. The fourth-order valence-electron chi connectivity index (χ4n) is 4.78. The number of hydrogen-bond donors (Lipinski definition) is 1. The molecule has 0 aromatic carbocycles. The monoisotopic (exact) mass is 398 g/mol. The molecule has 0 amide bonds. The van der Waals surface area contributed by atoms with E-state index < -0.39 is 14.4 Å². The van der Waals surface area contributed by atoms with Gasteiger partial charge in [-0.3, -0.25) is 0 Å². The van der Waals surface area contributed by atoms with Gasteiger partial charge in [0.25, 0.3) is 0 Å². The summed E-state index contributed by atoms with van der Waals surface area (Å²) in [6, 6.07) is 0. The average Bonchev–Trinajstić information content (AvgIpc) is 3.09. The van der Waals surface area contributed by atoms with E-state index in [1.54, 1.807) is 0 Å². The molecule has 0 spiro atoms. The molecule has 2 saturated carbocycles. The van der Waals surface area contributed by atoms with E-state index >= 15 is 0 Å². The number of aliphatic hydroxyl groups is 1. The Morgan fingerprint density at radius 1 is 1.19 bits per heavy atom. The second kappa shape index (κ2) is 8.23. The molecule has 3 rings (SSSR count). The van der Waals surface area contributed by atoms with Gasteiger partial charge in [-0.15, -0.1) is 0 Å². The standard InChI is InChI=1S/C21H38O5Si/c1-21(2,3)27(4,5)25-13-17-15-10-14(12-22)20(23)16(15)11-18(17)26-19-8-6-7-9-24-19/h12,14-20,23H,6-11,13H2,1-5H3. The summed E-state index contributed by atoms with van der Waals surface area (Å²) in [7, 11) is -1.86. The first-order chi connectivity index (χ1) is 12.6. The van der Waals surface area contributed by atoms with E-state index in [9.17, 15) is 9.90 Å². The first kappa shape index (κ1) is 21.4. The van der Waals surface area contributed by atoms with Gasteiger partial charge in [-0.1, -0.05) is 20.8 Å². The number of carbonyl (C=O) groups excluding carboxylic acids is 1. The quantitative estimate of drug-likeness (QED) is 0.545. The van der Waals surface area contributed by atoms with Crippen molar-refractivity contribution in [3.8, 4) is 0 Å². The van der Waals surface area contributed by atoms with Gasteiger partial charge in [0.15, 0.2) is 14.6 Å². The van der Waals surface area contributed by atoms with Crippen molar-refractivity contribution in [2.75, 3.05) is 13.2 Å². The summed E-state index contributed by atoms with van der Waals surface area (Å²) in [5, 5.41) is 10.8. The minimum absolute atomic E-state index is 0.0510. The highest BCUT2D eigenvalue weighted by Crippen LogP contribution is 2.51. The zero-order valence-electron chi connectivity index (χ0n) is 17.6. The molecule has 1 heterocycles. The predicted molar refractivity (Wildman–Crippen MR) is 107 cm³/mol. The molecule has 1 saturated heterocycles. The van der Waals surface area contributed by atoms with Gasteiger partial charge in [0.05, 0.1) is 12.2 Å². The molecule has 0 radical (unpaired) electrons. The zero-order chi connectivity index (χ0) is 19.8. The molecule has 27 heavy (non-hydrogen) atoms. The van der Waals surface area contributed by atoms with Crippen LogP contribution in [-0.2, 0) is 18.7 Å². The smallest absolute Gasteiger partial charge is 0.191 e. The molecule has 6 heteroatoms. The van der Waals surface area contributed by atoms with Crippen LogP contribution in [0.2, 0.25) is 18.1 Å². The predicted octanol–water partition coefficient (Wildman–Crippen LogP) is 3.75. The van der Waals surface area contributed by atoms with E-state index in [0.717, 1.165) is 45.0 Å². The third kappa shape index (κ3) is 4.50. The molecule has 0 bridgehead atoms. The zero-order valence-corrected chi connectivity index (χ0v) is 18.6. The Kier molecular flexibility index (Phi) is 6.53. The normalized spacial score (nSPS) is 40.1. The molecular weight excluding hydrogens is 360 g/mol. The van der Waals surface area contributed by atoms with E-state index in [0.29, 0.717) is 12.5 Å². The van der Waals surface area contributed by atoms with Crippen molar-refractivity contribution in [3.63, 3.8) is 0 Å². The highest BCUT2D eigenvalue weighted by atomic mass is 28.4. The second-order valence-electron chi connectivity index (χ2n) is 10.3. The third-order valence-corrected chi connectivity index (χ3v) is 12.1. The summed E-state index contributed by atoms with van der Waals surface area (Å²) < 4.78 is 18.7. The molecular formula is C21H38O5Si. The Labute approximate surface area is 165 Å². The number of ether oxygens (including phenoxy) is 2. The molecule has 7 unspecified atom stereocenters. The van der Waals surface area contributed by atoms with Gasteiger partial charge >= 0.3 is 0 Å². The van der Waals surface area contributed by atoms with Crippen LogP contribution in [0.4, 0.5) is 0 Å². The molecule has 3 aliphatic rings. The van der Waals surface area contributed by atoms with Crippen LogP contribution in [0.25, 0.3) is 0 Å². The fourth-order valence-corrected chi connectivity index (χ4v) is 5.82. The molecule has 0 aromatic heterocycles. The highest BCUT2D eigenvalue weighted by molar-refractivity contribution is 6.74. The largest absolute Gasteiger partial charge is 0.416 e. The Morgan fingerprint density at radius 3 is 2.52 bits per heavy atom. The van der Waals surface area contributed by atoms with Crippen molar-refractivity contribution in [2.24, 2.45) is 23.7 Å². The van der Waals surface area contributed by atoms with Crippen molar-refractivity contribution >= 4 is 14.6 Å². The summed E-state index contributed by atoms with van der Waals surface area (Å²) in [5.74, 6) is 0.437. The number of carbonyl (C=O) groups is 1. The van der Waals surface area contributed by atoms with E-state index in [-0.39, 0.29) is 35.2 Å². The number of aliphatic hydroxyl groups excluding tert-OH is 1. The number of aldehydes is 1. The average molecular weight is 399 g/mol. The van der Waals surface area contributed by atoms with E-state index in [2.05, 4.69) is 33.9 Å². The molecule has 1 aliphatic heterocycles. The van der Waals surface area contributed by atoms with Crippen molar-refractivity contribution < 1.29 is 23.8 Å². The Balaban J connectivity index is 1.71. The van der Waals surface area contributed by atoms with Crippen LogP contribution in [0.1, 0.15) is 52.9 Å². The number of fused-ring (bicyclic) bond motifs is 1. The van der Waals surface area contributed by atoms with Gasteiger partial charge < -0.3 is 23.8 Å². The minimum Gasteiger partial charge on any atom is -0.416 e. The van der Waals surface area contributed by atoms with Crippen LogP contribution in [0.3, 0.4) is 0 Å². The maximum absolute atomic E-state index is 11.4. The lowest BCUT2D eigenvalue weighted by Gasteiger charge is -2.38. The van der Waals surface area contributed by atoms with Crippen LogP contribution in [0.15, 0.2) is 0 Å². The summed E-state index contributed by atoms with van der Waals surface area (Å²) in [6.07, 6.45) is 5.08. The van der Waals surface area contributed by atoms with Gasteiger partial charge in [-0.25, -0.2) is 0 Å². The lowest BCUT2D eigenvalue weighted by Crippen LogP contribution is -2.44. The SMILES string of the molecule is CC(C)(C)[Si](C)(C)OCC1C(OC2CCCCO2)CC2C(O)C(C=O)CC12. The number of hydrogen-bond acceptors (Lipinski definition) is 5. The van der Waals surface area contributed by atoms with Crippen LogP contribution >= 0.6 is 0 Å². The molecule has 156 valence electrons. The number of rotatable bonds is 6. The Hall–Kier alpha value is -0.273. The van der Waals surface area contributed by atoms with Crippen LogP contribution in [-0.4, -0.2) is 51.4 Å². The lowest BCUT2D eigenvalue weighted by atomic mass is 9.91. The van der Waals surface area contributed by atoms with Gasteiger partial charge in [-0.05, 0) is 62.1 Å². The maximum atomic E-state index is 11.4. The van der Waals surface area contributed by atoms with Gasteiger partial charge in [0.1, 0.15) is 6.29 Å². The molecule has 1 N–H and O–H groups in total. The molecule has 5 nitrogen and oxygen atoms in total. The van der Waals surface area contributed by atoms with Crippen molar-refractivity contribution in [1.29, 1.82) is 0 Å². The molecule has 2 aliphatic carbocycles. The summed E-state index contributed by atoms with van der Waals surface area (Å²) in [4.78, 5) is 11.4. The minimum atomic E-state index is -1.86. The second-order valence-corrected chi connectivity index (χ2v) is 15.1. The van der Waals surface area contributed by atoms with Gasteiger partial charge in [0, 0.05) is 25.0 Å². The summed E-state index contributed by atoms with van der Waals surface area (Å²) >= 11 is 0. The topological polar surface area (TPSA) is 65.0 Å². The first-order valence-corrected chi connectivity index (χ1v) is 13.6.